The molecule has 2 unspecified atom stereocenters. The normalized spacial score (nSPS) is 13.1. The molecular formula is C68H129N3O3. The highest BCUT2D eigenvalue weighted by Gasteiger charge is 2.44. The number of primary amides is 1. The number of hydrogen-bond acceptors (Lipinski definition) is 3. The third kappa shape index (κ3) is 48.0. The molecule has 74 heavy (non-hydrogen) atoms. The zero-order chi connectivity index (χ0) is 53.9. The lowest BCUT2D eigenvalue weighted by Crippen LogP contribution is -2.68. The summed E-state index contributed by atoms with van der Waals surface area (Å²) >= 11 is 0. The van der Waals surface area contributed by atoms with E-state index in [1.54, 1.807) is 0 Å². The lowest BCUT2D eigenvalue weighted by Gasteiger charge is -2.39. The molecule has 0 aromatic carbocycles. The Balaban J connectivity index is 4.77. The van der Waals surface area contributed by atoms with Crippen LogP contribution in [0.3, 0.4) is 0 Å². The van der Waals surface area contributed by atoms with Gasteiger partial charge in [-0.05, 0) is 103 Å². The Hall–Kier alpha value is -2.37. The number of nitrogens with one attached hydrogen (secondary N) is 2. The first-order chi connectivity index (χ1) is 36.4. The molecule has 0 fully saturated rings. The Kier molecular flexibility index (Phi) is 56.4. The molecule has 0 aliphatic heterocycles. The SMILES string of the molecule is CCCCCCCC/C=C\CCCCCCCCCCCC(=O)NC(CCCCCCCCC/C=C\CCCCCCCC)C(CC)(NC(=O)CCCCCCCCCCC/C=C\CCCCCCCC)C(N)=O. The molecule has 4 N–H and O–H groups in total. The van der Waals surface area contributed by atoms with E-state index in [2.05, 4.69) is 67.9 Å². The topological polar surface area (TPSA) is 101 Å². The number of carbonyl (C=O) groups is 3. The lowest BCUT2D eigenvalue weighted by atomic mass is 9.82. The average molecular weight is 1040 g/mol. The Morgan fingerprint density at radius 2 is 0.581 bits per heavy atom. The van der Waals surface area contributed by atoms with Crippen LogP contribution in [0.1, 0.15) is 368 Å². The van der Waals surface area contributed by atoms with Gasteiger partial charge in [-0.2, -0.15) is 0 Å². The lowest BCUT2D eigenvalue weighted by molar-refractivity contribution is -0.134. The van der Waals surface area contributed by atoms with Crippen molar-refractivity contribution in [2.75, 3.05) is 0 Å². The summed E-state index contributed by atoms with van der Waals surface area (Å²) < 4.78 is 0. The molecular weight excluding hydrogens is 907 g/mol. The van der Waals surface area contributed by atoms with Crippen LogP contribution in [0, 0.1) is 0 Å². The summed E-state index contributed by atoms with van der Waals surface area (Å²) in [7, 11) is 0. The minimum atomic E-state index is -1.29. The Labute approximate surface area is 462 Å². The minimum absolute atomic E-state index is 0.0268. The molecule has 0 rings (SSSR count). The van der Waals surface area contributed by atoms with E-state index < -0.39 is 17.5 Å². The monoisotopic (exact) mass is 1040 g/mol. The number of allylic oxidation sites excluding steroid dienone is 6. The van der Waals surface area contributed by atoms with Crippen LogP contribution in [0.15, 0.2) is 36.5 Å². The van der Waals surface area contributed by atoms with Crippen molar-refractivity contribution >= 4 is 17.7 Å². The first-order valence-electron chi connectivity index (χ1n) is 33.2. The van der Waals surface area contributed by atoms with E-state index >= 15 is 0 Å². The van der Waals surface area contributed by atoms with Crippen molar-refractivity contribution in [2.45, 2.75) is 380 Å². The van der Waals surface area contributed by atoms with Gasteiger partial charge in [0.25, 0.3) is 0 Å². The zero-order valence-corrected chi connectivity index (χ0v) is 50.3. The number of amides is 3. The summed E-state index contributed by atoms with van der Waals surface area (Å²) in [6.45, 7) is 8.76. The first-order valence-corrected chi connectivity index (χ1v) is 33.2. The molecule has 3 amide bonds. The van der Waals surface area contributed by atoms with Gasteiger partial charge in [0.05, 0.1) is 6.04 Å². The van der Waals surface area contributed by atoms with Gasteiger partial charge in [-0.3, -0.25) is 14.4 Å². The van der Waals surface area contributed by atoms with Crippen LogP contribution in [0.2, 0.25) is 0 Å². The summed E-state index contributed by atoms with van der Waals surface area (Å²) in [5, 5.41) is 6.41. The second-order valence-electron chi connectivity index (χ2n) is 22.9. The third-order valence-corrected chi connectivity index (χ3v) is 15.9. The first kappa shape index (κ1) is 71.6. The molecule has 0 aliphatic carbocycles. The van der Waals surface area contributed by atoms with Gasteiger partial charge in [0.2, 0.25) is 17.7 Å². The second kappa shape index (κ2) is 58.3. The maximum absolute atomic E-state index is 13.6. The van der Waals surface area contributed by atoms with Crippen LogP contribution >= 0.6 is 0 Å². The standard InChI is InChI=1S/C68H129N3O3/c1-5-9-12-15-18-21-24-27-30-33-35-38-41-44-47-50-53-56-59-62-65(72)70-64(61-58-55-52-49-46-43-40-37-32-29-26-23-20-17-14-11-7-3)68(8-4,67(69)74)71-66(73)63-60-57-54-51-48-45-42-39-36-34-31-28-25-22-19-16-13-10-6-2/h27-32,64H,5-26,33-63H2,1-4H3,(H2,69,74)(H,70,72)(H,71,73)/b30-27-,31-28-,32-29-. The van der Waals surface area contributed by atoms with Gasteiger partial charge < -0.3 is 16.4 Å². The quantitative estimate of drug-likeness (QED) is 0.0418. The molecule has 2 atom stereocenters. The summed E-state index contributed by atoms with van der Waals surface area (Å²) in [5.74, 6) is -0.691. The van der Waals surface area contributed by atoms with E-state index in [1.165, 1.54) is 257 Å². The molecule has 0 saturated heterocycles. The number of unbranched alkanes of at least 4 members (excludes halogenated alkanes) is 43. The summed E-state index contributed by atoms with van der Waals surface area (Å²) in [5.41, 5.74) is 4.92. The van der Waals surface area contributed by atoms with Crippen molar-refractivity contribution in [2.24, 2.45) is 5.73 Å². The number of nitrogens with two attached hydrogens (primary N) is 1. The Bertz CT molecular complexity index is 1290. The largest absolute Gasteiger partial charge is 0.368 e. The van der Waals surface area contributed by atoms with Crippen LogP contribution in [0.4, 0.5) is 0 Å². The highest BCUT2D eigenvalue weighted by atomic mass is 16.2. The maximum Gasteiger partial charge on any atom is 0.245 e. The maximum atomic E-state index is 13.6. The molecule has 0 bridgehead atoms. The molecule has 0 aliphatic rings. The number of carbonyl (C=O) groups excluding carboxylic acids is 3. The van der Waals surface area contributed by atoms with Gasteiger partial charge >= 0.3 is 0 Å². The van der Waals surface area contributed by atoms with Gasteiger partial charge in [0.15, 0.2) is 0 Å². The van der Waals surface area contributed by atoms with E-state index in [1.807, 2.05) is 6.92 Å². The van der Waals surface area contributed by atoms with Crippen LogP contribution in [0.5, 0.6) is 0 Å². The fraction of sp³-hybridized carbons (Fsp3) is 0.868. The third-order valence-electron chi connectivity index (χ3n) is 15.9. The molecule has 6 nitrogen and oxygen atoms in total. The van der Waals surface area contributed by atoms with E-state index in [0.717, 1.165) is 57.8 Å². The molecule has 6 heteroatoms. The van der Waals surface area contributed by atoms with E-state index in [-0.39, 0.29) is 11.8 Å². The molecule has 0 saturated carbocycles. The van der Waals surface area contributed by atoms with E-state index in [4.69, 9.17) is 5.73 Å². The van der Waals surface area contributed by atoms with Crippen molar-refractivity contribution in [1.82, 2.24) is 10.6 Å². The van der Waals surface area contributed by atoms with Gasteiger partial charge in [-0.15, -0.1) is 0 Å². The minimum Gasteiger partial charge on any atom is -0.368 e. The van der Waals surface area contributed by atoms with Crippen LogP contribution in [-0.2, 0) is 14.4 Å². The van der Waals surface area contributed by atoms with E-state index in [9.17, 15) is 14.4 Å². The predicted octanol–water partition coefficient (Wildman–Crippen LogP) is 21.2. The Morgan fingerprint density at radius 3 is 0.851 bits per heavy atom. The fourth-order valence-corrected chi connectivity index (χ4v) is 10.7. The smallest absolute Gasteiger partial charge is 0.245 e. The van der Waals surface area contributed by atoms with Crippen molar-refractivity contribution < 1.29 is 14.4 Å². The summed E-state index contributed by atoms with van der Waals surface area (Å²) in [6.07, 6.45) is 77.7. The molecule has 0 spiro atoms. The molecule has 0 radical (unpaired) electrons. The van der Waals surface area contributed by atoms with Crippen molar-refractivity contribution in [1.29, 1.82) is 0 Å². The van der Waals surface area contributed by atoms with Gasteiger partial charge in [-0.1, -0.05) is 289 Å². The highest BCUT2D eigenvalue weighted by Crippen LogP contribution is 2.24. The highest BCUT2D eigenvalue weighted by molar-refractivity contribution is 5.92. The van der Waals surface area contributed by atoms with Crippen LogP contribution in [-0.4, -0.2) is 29.3 Å². The van der Waals surface area contributed by atoms with Crippen molar-refractivity contribution in [3.8, 4) is 0 Å². The zero-order valence-electron chi connectivity index (χ0n) is 50.3. The molecule has 0 aromatic rings. The van der Waals surface area contributed by atoms with Crippen molar-refractivity contribution in [3.05, 3.63) is 36.5 Å². The van der Waals surface area contributed by atoms with Gasteiger partial charge in [0, 0.05) is 12.8 Å². The summed E-state index contributed by atoms with van der Waals surface area (Å²) in [6, 6.07) is -0.512. The van der Waals surface area contributed by atoms with E-state index in [0.29, 0.717) is 25.7 Å². The van der Waals surface area contributed by atoms with Crippen LogP contribution < -0.4 is 16.4 Å². The van der Waals surface area contributed by atoms with Crippen molar-refractivity contribution in [3.63, 3.8) is 0 Å². The Morgan fingerprint density at radius 1 is 0.338 bits per heavy atom. The predicted molar refractivity (Wildman–Crippen MR) is 327 cm³/mol. The van der Waals surface area contributed by atoms with Gasteiger partial charge in [-0.25, -0.2) is 0 Å². The summed E-state index contributed by atoms with van der Waals surface area (Å²) in [4.78, 5) is 40.5. The molecule has 434 valence electrons. The number of rotatable bonds is 60. The fourth-order valence-electron chi connectivity index (χ4n) is 10.7. The molecule has 0 aromatic heterocycles. The average Bonchev–Trinajstić information content (AvgIpc) is 3.39. The number of hydrogen-bond donors (Lipinski definition) is 3. The second-order valence-corrected chi connectivity index (χ2v) is 22.9. The molecule has 0 heterocycles. The van der Waals surface area contributed by atoms with Crippen LogP contribution in [0.25, 0.3) is 0 Å². The van der Waals surface area contributed by atoms with Gasteiger partial charge in [0.1, 0.15) is 5.54 Å².